The highest BCUT2D eigenvalue weighted by Crippen LogP contribution is 2.17. The van der Waals surface area contributed by atoms with E-state index in [1.54, 1.807) is 29.2 Å². The van der Waals surface area contributed by atoms with Gasteiger partial charge in [-0.05, 0) is 24.3 Å². The van der Waals surface area contributed by atoms with Crippen molar-refractivity contribution in [2.45, 2.75) is 0 Å². The summed E-state index contributed by atoms with van der Waals surface area (Å²) in [7, 11) is 1.81. The Morgan fingerprint density at radius 2 is 1.81 bits per heavy atom. The van der Waals surface area contributed by atoms with Crippen molar-refractivity contribution in [1.82, 2.24) is 14.5 Å². The summed E-state index contributed by atoms with van der Waals surface area (Å²) >= 11 is 0. The Labute approximate surface area is 122 Å². The maximum Gasteiger partial charge on any atom is 0.272 e. The average molecular weight is 288 g/mol. The summed E-state index contributed by atoms with van der Waals surface area (Å²) in [5.74, 6) is -0.225. The second-order valence-corrected chi connectivity index (χ2v) is 5.15. The zero-order valence-corrected chi connectivity index (χ0v) is 11.9. The molecule has 1 fully saturated rings. The van der Waals surface area contributed by atoms with Crippen LogP contribution in [-0.4, -0.2) is 46.5 Å². The number of amides is 1. The summed E-state index contributed by atoms with van der Waals surface area (Å²) in [5.41, 5.74) is 1.59. The molecule has 2 heterocycles. The van der Waals surface area contributed by atoms with Gasteiger partial charge in [-0.25, -0.2) is 9.37 Å². The molecule has 21 heavy (non-hydrogen) atoms. The quantitative estimate of drug-likeness (QED) is 0.841. The molecule has 1 aromatic heterocycles. The van der Waals surface area contributed by atoms with Crippen LogP contribution in [0, 0.1) is 5.82 Å². The van der Waals surface area contributed by atoms with Gasteiger partial charge in [0.15, 0.2) is 0 Å². The number of carbonyl (C=O) groups excluding carboxylic acids is 1. The van der Waals surface area contributed by atoms with Gasteiger partial charge in [0.1, 0.15) is 11.5 Å². The highest BCUT2D eigenvalue weighted by molar-refractivity contribution is 5.92. The summed E-state index contributed by atoms with van der Waals surface area (Å²) in [6.07, 6.45) is 3.22. The van der Waals surface area contributed by atoms with Gasteiger partial charge >= 0.3 is 0 Å². The summed E-state index contributed by atoms with van der Waals surface area (Å²) in [4.78, 5) is 20.3. The van der Waals surface area contributed by atoms with Gasteiger partial charge in [-0.15, -0.1) is 0 Å². The van der Waals surface area contributed by atoms with Crippen LogP contribution >= 0.6 is 0 Å². The number of nitrogens with zero attached hydrogens (tertiary/aromatic N) is 4. The van der Waals surface area contributed by atoms with E-state index in [0.717, 1.165) is 18.8 Å². The number of carbonyl (C=O) groups is 1. The lowest BCUT2D eigenvalue weighted by atomic mass is 10.2. The number of anilines is 1. The molecule has 0 saturated carbocycles. The number of hydrogen-bond donors (Lipinski definition) is 0. The Morgan fingerprint density at radius 1 is 1.14 bits per heavy atom. The van der Waals surface area contributed by atoms with Gasteiger partial charge < -0.3 is 14.4 Å². The van der Waals surface area contributed by atoms with Crippen LogP contribution in [0.2, 0.25) is 0 Å². The van der Waals surface area contributed by atoms with Gasteiger partial charge in [0.2, 0.25) is 0 Å². The van der Waals surface area contributed by atoms with E-state index in [2.05, 4.69) is 9.88 Å². The fourth-order valence-electron chi connectivity index (χ4n) is 2.54. The van der Waals surface area contributed by atoms with E-state index in [1.807, 2.05) is 11.9 Å². The Bertz CT molecular complexity index is 629. The van der Waals surface area contributed by atoms with Crippen molar-refractivity contribution in [1.29, 1.82) is 0 Å². The lowest BCUT2D eigenvalue weighted by molar-refractivity contribution is 0.0737. The molecule has 0 radical (unpaired) electrons. The summed E-state index contributed by atoms with van der Waals surface area (Å²) in [6.45, 7) is 2.80. The third-order valence-electron chi connectivity index (χ3n) is 3.79. The van der Waals surface area contributed by atoms with Gasteiger partial charge in [-0.2, -0.15) is 0 Å². The fourth-order valence-corrected chi connectivity index (χ4v) is 2.54. The number of piperazine rings is 1. The van der Waals surface area contributed by atoms with Crippen molar-refractivity contribution in [3.63, 3.8) is 0 Å². The van der Waals surface area contributed by atoms with E-state index in [1.165, 1.54) is 12.1 Å². The SMILES string of the molecule is Cn1cncc1C(=O)N1CCN(c2ccc(F)cc2)CC1. The Hall–Kier alpha value is -2.37. The zero-order chi connectivity index (χ0) is 14.8. The van der Waals surface area contributed by atoms with Crippen molar-refractivity contribution in [2.24, 2.45) is 7.05 Å². The van der Waals surface area contributed by atoms with Crippen LogP contribution in [0.4, 0.5) is 10.1 Å². The molecule has 0 atom stereocenters. The molecule has 5 nitrogen and oxygen atoms in total. The third kappa shape index (κ3) is 2.74. The molecule has 0 unspecified atom stereocenters. The molecule has 1 amide bonds. The second-order valence-electron chi connectivity index (χ2n) is 5.15. The molecule has 0 spiro atoms. The minimum atomic E-state index is -0.233. The average Bonchev–Trinajstić information content (AvgIpc) is 2.94. The first-order valence-corrected chi connectivity index (χ1v) is 6.91. The standard InChI is InChI=1S/C15H17FN4O/c1-18-11-17-10-14(18)15(21)20-8-6-19(7-9-20)13-4-2-12(16)3-5-13/h2-5,10-11H,6-9H2,1H3. The predicted octanol–water partition coefficient (Wildman–Crippen LogP) is 1.52. The molecule has 0 aliphatic carbocycles. The molecule has 1 aromatic carbocycles. The Balaban J connectivity index is 1.64. The van der Waals surface area contributed by atoms with Gasteiger partial charge in [-0.1, -0.05) is 0 Å². The monoisotopic (exact) mass is 288 g/mol. The van der Waals surface area contributed by atoms with E-state index in [0.29, 0.717) is 18.8 Å². The van der Waals surface area contributed by atoms with E-state index in [4.69, 9.17) is 0 Å². The maximum absolute atomic E-state index is 12.9. The molecular formula is C15H17FN4O. The van der Waals surface area contributed by atoms with Crippen molar-refractivity contribution in [3.05, 3.63) is 48.3 Å². The van der Waals surface area contributed by atoms with Gasteiger partial charge in [-0.3, -0.25) is 4.79 Å². The van der Waals surface area contributed by atoms with Crippen LogP contribution in [0.5, 0.6) is 0 Å². The largest absolute Gasteiger partial charge is 0.368 e. The van der Waals surface area contributed by atoms with Crippen LogP contribution in [0.1, 0.15) is 10.5 Å². The first kappa shape index (κ1) is 13.6. The topological polar surface area (TPSA) is 41.4 Å². The lowest BCUT2D eigenvalue weighted by Crippen LogP contribution is -2.49. The highest BCUT2D eigenvalue weighted by Gasteiger charge is 2.23. The van der Waals surface area contributed by atoms with Crippen LogP contribution in [0.15, 0.2) is 36.8 Å². The first-order valence-electron chi connectivity index (χ1n) is 6.91. The summed E-state index contributed by atoms with van der Waals surface area (Å²) < 4.78 is 14.7. The fraction of sp³-hybridized carbons (Fsp3) is 0.333. The molecule has 1 aliphatic heterocycles. The second kappa shape index (κ2) is 5.55. The van der Waals surface area contributed by atoms with Gasteiger partial charge in [0.25, 0.3) is 5.91 Å². The number of hydrogen-bond acceptors (Lipinski definition) is 3. The van der Waals surface area contributed by atoms with Crippen molar-refractivity contribution < 1.29 is 9.18 Å². The highest BCUT2D eigenvalue weighted by atomic mass is 19.1. The summed E-state index contributed by atoms with van der Waals surface area (Å²) in [5, 5.41) is 0. The molecule has 1 aliphatic rings. The van der Waals surface area contributed by atoms with E-state index in [-0.39, 0.29) is 11.7 Å². The molecular weight excluding hydrogens is 271 g/mol. The number of rotatable bonds is 2. The van der Waals surface area contributed by atoms with Crippen LogP contribution in [0.3, 0.4) is 0 Å². The molecule has 0 bridgehead atoms. The number of halogens is 1. The lowest BCUT2D eigenvalue weighted by Gasteiger charge is -2.36. The molecule has 3 rings (SSSR count). The first-order chi connectivity index (χ1) is 10.1. The van der Waals surface area contributed by atoms with Crippen molar-refractivity contribution in [3.8, 4) is 0 Å². The molecule has 110 valence electrons. The number of benzene rings is 1. The molecule has 6 heteroatoms. The third-order valence-corrected chi connectivity index (χ3v) is 3.79. The van der Waals surface area contributed by atoms with Gasteiger partial charge in [0.05, 0.1) is 12.5 Å². The normalized spacial score (nSPS) is 15.3. The molecule has 0 N–H and O–H groups in total. The van der Waals surface area contributed by atoms with Crippen LogP contribution in [-0.2, 0) is 7.05 Å². The Morgan fingerprint density at radius 3 is 2.38 bits per heavy atom. The van der Waals surface area contributed by atoms with E-state index < -0.39 is 0 Å². The number of imidazole rings is 1. The predicted molar refractivity (Wildman–Crippen MR) is 77.7 cm³/mol. The number of aromatic nitrogens is 2. The maximum atomic E-state index is 12.9. The zero-order valence-electron chi connectivity index (χ0n) is 11.9. The summed E-state index contributed by atoms with van der Waals surface area (Å²) in [6, 6.07) is 6.47. The van der Waals surface area contributed by atoms with E-state index >= 15 is 0 Å². The van der Waals surface area contributed by atoms with Crippen molar-refractivity contribution in [2.75, 3.05) is 31.1 Å². The minimum Gasteiger partial charge on any atom is -0.368 e. The van der Waals surface area contributed by atoms with Crippen LogP contribution in [0.25, 0.3) is 0 Å². The Kier molecular flexibility index (Phi) is 3.60. The van der Waals surface area contributed by atoms with Crippen molar-refractivity contribution >= 4 is 11.6 Å². The molecule has 2 aromatic rings. The smallest absolute Gasteiger partial charge is 0.272 e. The van der Waals surface area contributed by atoms with Crippen LogP contribution < -0.4 is 4.90 Å². The minimum absolute atomic E-state index is 0.00811. The molecule has 1 saturated heterocycles. The van der Waals surface area contributed by atoms with E-state index in [9.17, 15) is 9.18 Å². The number of aryl methyl sites for hydroxylation is 1. The van der Waals surface area contributed by atoms with Gasteiger partial charge in [0, 0.05) is 38.9 Å².